The molecule has 6 nitrogen and oxygen atoms in total. The molecule has 2 aliphatic heterocycles. The highest BCUT2D eigenvalue weighted by molar-refractivity contribution is 6.21. The SMILES string of the molecule is CN1C(=O)c2ccc(C(=O)NCCC3CCNC3)cc2C1=O.Cl. The van der Waals surface area contributed by atoms with E-state index in [-0.39, 0.29) is 30.1 Å². The smallest absolute Gasteiger partial charge is 0.261 e. The van der Waals surface area contributed by atoms with Crippen molar-refractivity contribution >= 4 is 30.1 Å². The number of fused-ring (bicyclic) bond motifs is 1. The highest BCUT2D eigenvalue weighted by Crippen LogP contribution is 2.22. The van der Waals surface area contributed by atoms with E-state index in [1.807, 2.05) is 0 Å². The van der Waals surface area contributed by atoms with Gasteiger partial charge in [0.2, 0.25) is 0 Å². The van der Waals surface area contributed by atoms with Crippen molar-refractivity contribution in [2.45, 2.75) is 12.8 Å². The van der Waals surface area contributed by atoms with Gasteiger partial charge in [0.15, 0.2) is 0 Å². The van der Waals surface area contributed by atoms with Gasteiger partial charge in [0, 0.05) is 19.2 Å². The molecule has 1 aromatic rings. The van der Waals surface area contributed by atoms with Crippen molar-refractivity contribution in [1.82, 2.24) is 15.5 Å². The predicted octanol–water partition coefficient (Wildman–Crippen LogP) is 1.06. The fourth-order valence-corrected chi connectivity index (χ4v) is 2.96. The Morgan fingerprint density at radius 2 is 2.04 bits per heavy atom. The average Bonchev–Trinajstić information content (AvgIpc) is 3.11. The summed E-state index contributed by atoms with van der Waals surface area (Å²) in [6.07, 6.45) is 2.10. The highest BCUT2D eigenvalue weighted by atomic mass is 35.5. The largest absolute Gasteiger partial charge is 0.352 e. The van der Waals surface area contributed by atoms with Gasteiger partial charge in [0.05, 0.1) is 11.1 Å². The Hall–Kier alpha value is -1.92. The van der Waals surface area contributed by atoms with Gasteiger partial charge in [-0.2, -0.15) is 0 Å². The number of nitrogens with one attached hydrogen (secondary N) is 2. The molecule has 0 aromatic heterocycles. The average molecular weight is 338 g/mol. The lowest BCUT2D eigenvalue weighted by Gasteiger charge is -2.09. The van der Waals surface area contributed by atoms with Crippen molar-refractivity contribution in [1.29, 1.82) is 0 Å². The number of hydrogen-bond donors (Lipinski definition) is 2. The van der Waals surface area contributed by atoms with E-state index in [2.05, 4.69) is 10.6 Å². The van der Waals surface area contributed by atoms with Crippen molar-refractivity contribution in [3.63, 3.8) is 0 Å². The number of benzene rings is 1. The second kappa shape index (κ2) is 7.10. The molecule has 0 saturated carbocycles. The van der Waals surface area contributed by atoms with Crippen LogP contribution in [0.5, 0.6) is 0 Å². The molecule has 0 spiro atoms. The number of halogens is 1. The molecule has 2 N–H and O–H groups in total. The summed E-state index contributed by atoms with van der Waals surface area (Å²) >= 11 is 0. The van der Waals surface area contributed by atoms with Crippen LogP contribution in [-0.4, -0.2) is 49.3 Å². The van der Waals surface area contributed by atoms with Crippen LogP contribution in [-0.2, 0) is 0 Å². The Bertz CT molecular complexity index is 641. The van der Waals surface area contributed by atoms with Gasteiger partial charge in [-0.15, -0.1) is 12.4 Å². The number of carbonyl (C=O) groups excluding carboxylic acids is 3. The van der Waals surface area contributed by atoms with Crippen LogP contribution in [0.4, 0.5) is 0 Å². The third-order valence-corrected chi connectivity index (χ3v) is 4.35. The molecule has 3 amide bonds. The number of hydrogen-bond acceptors (Lipinski definition) is 4. The van der Waals surface area contributed by atoms with Crippen molar-refractivity contribution in [2.75, 3.05) is 26.7 Å². The molecule has 1 aromatic carbocycles. The van der Waals surface area contributed by atoms with Gasteiger partial charge in [-0.05, 0) is 50.0 Å². The zero-order valence-corrected chi connectivity index (χ0v) is 13.7. The third kappa shape index (κ3) is 3.38. The number of carbonyl (C=O) groups is 3. The fraction of sp³-hybridized carbons (Fsp3) is 0.438. The summed E-state index contributed by atoms with van der Waals surface area (Å²) in [7, 11) is 1.44. The van der Waals surface area contributed by atoms with Gasteiger partial charge in [-0.3, -0.25) is 19.3 Å². The van der Waals surface area contributed by atoms with Crippen LogP contribution >= 0.6 is 12.4 Å². The van der Waals surface area contributed by atoms with Crippen LogP contribution in [0.25, 0.3) is 0 Å². The third-order valence-electron chi connectivity index (χ3n) is 4.35. The van der Waals surface area contributed by atoms with E-state index < -0.39 is 0 Å². The van der Waals surface area contributed by atoms with Gasteiger partial charge < -0.3 is 10.6 Å². The second-order valence-corrected chi connectivity index (χ2v) is 5.83. The first-order valence-electron chi connectivity index (χ1n) is 7.53. The lowest BCUT2D eigenvalue weighted by atomic mass is 10.0. The molecule has 1 fully saturated rings. The monoisotopic (exact) mass is 337 g/mol. The minimum absolute atomic E-state index is 0. The summed E-state index contributed by atoms with van der Waals surface area (Å²) in [6, 6.07) is 4.65. The topological polar surface area (TPSA) is 78.5 Å². The molecule has 3 rings (SSSR count). The van der Waals surface area contributed by atoms with Crippen molar-refractivity contribution in [3.05, 3.63) is 34.9 Å². The second-order valence-electron chi connectivity index (χ2n) is 5.83. The Kier molecular flexibility index (Phi) is 5.38. The van der Waals surface area contributed by atoms with E-state index in [0.717, 1.165) is 30.8 Å². The molecule has 2 aliphatic rings. The molecule has 1 atom stereocenters. The number of amides is 3. The minimum Gasteiger partial charge on any atom is -0.352 e. The van der Waals surface area contributed by atoms with E-state index in [9.17, 15) is 14.4 Å². The van der Waals surface area contributed by atoms with Gasteiger partial charge in [0.1, 0.15) is 0 Å². The first-order valence-corrected chi connectivity index (χ1v) is 7.53. The fourth-order valence-electron chi connectivity index (χ4n) is 2.96. The predicted molar refractivity (Wildman–Crippen MR) is 88.0 cm³/mol. The first-order chi connectivity index (χ1) is 10.6. The lowest BCUT2D eigenvalue weighted by Crippen LogP contribution is -2.26. The van der Waals surface area contributed by atoms with Crippen molar-refractivity contribution < 1.29 is 14.4 Å². The Morgan fingerprint density at radius 1 is 1.30 bits per heavy atom. The van der Waals surface area contributed by atoms with E-state index in [1.165, 1.54) is 13.1 Å². The Labute approximate surface area is 141 Å². The number of rotatable bonds is 4. The molecule has 0 bridgehead atoms. The molecule has 1 unspecified atom stereocenters. The van der Waals surface area contributed by atoms with E-state index >= 15 is 0 Å². The quantitative estimate of drug-likeness (QED) is 0.805. The molecule has 0 radical (unpaired) electrons. The summed E-state index contributed by atoms with van der Waals surface area (Å²) in [5.41, 5.74) is 1.08. The number of imide groups is 1. The maximum atomic E-state index is 12.2. The zero-order chi connectivity index (χ0) is 15.7. The molecule has 1 saturated heterocycles. The highest BCUT2D eigenvalue weighted by Gasteiger charge is 2.33. The van der Waals surface area contributed by atoms with Crippen molar-refractivity contribution in [3.8, 4) is 0 Å². The van der Waals surface area contributed by atoms with E-state index in [0.29, 0.717) is 29.2 Å². The minimum atomic E-state index is -0.355. The first kappa shape index (κ1) is 17.4. The van der Waals surface area contributed by atoms with Gasteiger partial charge in [-0.25, -0.2) is 0 Å². The summed E-state index contributed by atoms with van der Waals surface area (Å²) in [4.78, 5) is 37.0. The van der Waals surface area contributed by atoms with Gasteiger partial charge >= 0.3 is 0 Å². The van der Waals surface area contributed by atoms with Crippen LogP contribution in [0.2, 0.25) is 0 Å². The molecule has 124 valence electrons. The maximum absolute atomic E-state index is 12.2. The van der Waals surface area contributed by atoms with Gasteiger partial charge in [-0.1, -0.05) is 0 Å². The Morgan fingerprint density at radius 3 is 2.74 bits per heavy atom. The summed E-state index contributed by atoms with van der Waals surface area (Å²) in [5, 5.41) is 6.17. The van der Waals surface area contributed by atoms with Crippen LogP contribution < -0.4 is 10.6 Å². The Balaban J connectivity index is 0.00000192. The normalized spacial score (nSPS) is 19.5. The zero-order valence-electron chi connectivity index (χ0n) is 12.9. The summed E-state index contributed by atoms with van der Waals surface area (Å²) in [6.45, 7) is 2.68. The molecule has 23 heavy (non-hydrogen) atoms. The lowest BCUT2D eigenvalue weighted by molar-refractivity contribution is 0.0693. The molecular formula is C16H20ClN3O3. The van der Waals surface area contributed by atoms with Gasteiger partial charge in [0.25, 0.3) is 17.7 Å². The standard InChI is InChI=1S/C16H19N3O3.ClH/c1-19-15(21)12-3-2-11(8-13(12)16(19)22)14(20)18-7-5-10-4-6-17-9-10;/h2-3,8,10,17H,4-7,9H2,1H3,(H,18,20);1H. The summed E-state index contributed by atoms with van der Waals surface area (Å²) in [5.74, 6) is -0.260. The van der Waals surface area contributed by atoms with Crippen LogP contribution in [0.15, 0.2) is 18.2 Å². The van der Waals surface area contributed by atoms with E-state index in [1.54, 1.807) is 12.1 Å². The number of nitrogens with zero attached hydrogens (tertiary/aromatic N) is 1. The van der Waals surface area contributed by atoms with Crippen molar-refractivity contribution in [2.24, 2.45) is 5.92 Å². The van der Waals surface area contributed by atoms with Crippen LogP contribution in [0.3, 0.4) is 0 Å². The summed E-state index contributed by atoms with van der Waals surface area (Å²) < 4.78 is 0. The molecule has 2 heterocycles. The molecule has 7 heteroatoms. The van der Waals surface area contributed by atoms with Crippen LogP contribution in [0, 0.1) is 5.92 Å². The van der Waals surface area contributed by atoms with E-state index in [4.69, 9.17) is 0 Å². The molecule has 0 aliphatic carbocycles. The molecular weight excluding hydrogens is 318 g/mol. The van der Waals surface area contributed by atoms with Crippen LogP contribution in [0.1, 0.15) is 43.9 Å². The maximum Gasteiger partial charge on any atom is 0.261 e.